The van der Waals surface area contributed by atoms with Crippen LogP contribution in [0, 0.1) is 0 Å². The highest BCUT2D eigenvalue weighted by Crippen LogP contribution is 2.31. The van der Waals surface area contributed by atoms with Gasteiger partial charge < -0.3 is 8.94 Å². The predicted octanol–water partition coefficient (Wildman–Crippen LogP) is 4.25. The lowest BCUT2D eigenvalue weighted by molar-refractivity contribution is 0.460. The van der Waals surface area contributed by atoms with E-state index in [4.69, 9.17) is 20.5 Å². The molecule has 0 bridgehead atoms. The van der Waals surface area contributed by atoms with Gasteiger partial charge in [-0.2, -0.15) is 0 Å². The second-order valence-electron chi connectivity index (χ2n) is 4.63. The summed E-state index contributed by atoms with van der Waals surface area (Å²) in [5, 5.41) is 5.53. The molecule has 0 spiro atoms. The van der Waals surface area contributed by atoms with Crippen LogP contribution in [0.4, 0.5) is 0 Å². The standard InChI is InChI=1S/C16H8ClNO3/c17-10-6-7-12-11(8-10)15-13(16(19)20-12)14(18-21-15)9-4-2-1-3-5-9/h1-8H. The number of benzene rings is 2. The van der Waals surface area contributed by atoms with Gasteiger partial charge in [0.1, 0.15) is 16.7 Å². The SMILES string of the molecule is O=c1oc2ccc(Cl)cc2c2onc(-c3ccccc3)c12. The normalized spacial score (nSPS) is 11.3. The Labute approximate surface area is 123 Å². The Morgan fingerprint density at radius 1 is 1.05 bits per heavy atom. The molecule has 5 heteroatoms. The molecule has 0 fully saturated rings. The van der Waals surface area contributed by atoms with Crippen molar-refractivity contribution in [3.05, 3.63) is 64.0 Å². The molecule has 0 aliphatic carbocycles. The zero-order valence-corrected chi connectivity index (χ0v) is 11.4. The molecule has 0 amide bonds. The highest BCUT2D eigenvalue weighted by atomic mass is 35.5. The first-order valence-electron chi connectivity index (χ1n) is 6.31. The van der Waals surface area contributed by atoms with Gasteiger partial charge in [-0.05, 0) is 18.2 Å². The molecule has 0 saturated carbocycles. The van der Waals surface area contributed by atoms with E-state index in [2.05, 4.69) is 5.16 Å². The Morgan fingerprint density at radius 3 is 2.67 bits per heavy atom. The molecular formula is C16H8ClNO3. The fourth-order valence-corrected chi connectivity index (χ4v) is 2.55. The van der Waals surface area contributed by atoms with Crippen molar-refractivity contribution in [1.82, 2.24) is 5.16 Å². The largest absolute Gasteiger partial charge is 0.422 e. The summed E-state index contributed by atoms with van der Waals surface area (Å²) < 4.78 is 10.7. The number of hydrogen-bond donors (Lipinski definition) is 0. The van der Waals surface area contributed by atoms with Crippen LogP contribution in [0.2, 0.25) is 5.02 Å². The molecule has 0 N–H and O–H groups in total. The van der Waals surface area contributed by atoms with E-state index >= 15 is 0 Å². The summed E-state index contributed by atoms with van der Waals surface area (Å²) in [5.41, 5.74) is 1.61. The molecule has 102 valence electrons. The summed E-state index contributed by atoms with van der Waals surface area (Å²) in [6.07, 6.45) is 0. The minimum atomic E-state index is -0.472. The quantitative estimate of drug-likeness (QED) is 0.493. The molecule has 2 heterocycles. The monoisotopic (exact) mass is 297 g/mol. The van der Waals surface area contributed by atoms with Gasteiger partial charge in [-0.1, -0.05) is 47.1 Å². The summed E-state index contributed by atoms with van der Waals surface area (Å²) in [5.74, 6) is 0. The number of hydrogen-bond acceptors (Lipinski definition) is 4. The van der Waals surface area contributed by atoms with Crippen LogP contribution >= 0.6 is 11.6 Å². The van der Waals surface area contributed by atoms with Crippen LogP contribution in [-0.2, 0) is 0 Å². The third-order valence-electron chi connectivity index (χ3n) is 3.33. The molecule has 0 aliphatic heterocycles. The van der Waals surface area contributed by atoms with E-state index < -0.39 is 5.63 Å². The Hall–Kier alpha value is -2.59. The van der Waals surface area contributed by atoms with E-state index in [0.29, 0.717) is 32.7 Å². The van der Waals surface area contributed by atoms with Gasteiger partial charge >= 0.3 is 5.63 Å². The van der Waals surface area contributed by atoms with Crippen LogP contribution in [0.5, 0.6) is 0 Å². The summed E-state index contributed by atoms with van der Waals surface area (Å²) in [4.78, 5) is 12.2. The highest BCUT2D eigenvalue weighted by molar-refractivity contribution is 6.31. The first-order valence-corrected chi connectivity index (χ1v) is 6.69. The summed E-state index contributed by atoms with van der Waals surface area (Å²) in [7, 11) is 0. The minimum Gasteiger partial charge on any atom is -0.422 e. The van der Waals surface area contributed by atoms with Crippen LogP contribution in [0.25, 0.3) is 33.2 Å². The number of fused-ring (bicyclic) bond motifs is 3. The molecule has 4 nitrogen and oxygen atoms in total. The number of nitrogens with zero attached hydrogens (tertiary/aromatic N) is 1. The lowest BCUT2D eigenvalue weighted by Gasteiger charge is -1.98. The van der Waals surface area contributed by atoms with Crippen LogP contribution in [0.15, 0.2) is 62.3 Å². The maximum atomic E-state index is 12.2. The Kier molecular flexibility index (Phi) is 2.59. The maximum Gasteiger partial charge on any atom is 0.349 e. The Morgan fingerprint density at radius 2 is 1.86 bits per heavy atom. The van der Waals surface area contributed by atoms with Crippen molar-refractivity contribution in [1.29, 1.82) is 0 Å². The second-order valence-corrected chi connectivity index (χ2v) is 5.07. The van der Waals surface area contributed by atoms with Crippen molar-refractivity contribution >= 4 is 33.5 Å². The zero-order valence-electron chi connectivity index (χ0n) is 10.7. The van der Waals surface area contributed by atoms with Crippen molar-refractivity contribution in [3.8, 4) is 11.3 Å². The average Bonchev–Trinajstić information content (AvgIpc) is 2.95. The third kappa shape index (κ3) is 1.84. The fourth-order valence-electron chi connectivity index (χ4n) is 2.38. The Balaban J connectivity index is 2.16. The van der Waals surface area contributed by atoms with E-state index in [9.17, 15) is 4.79 Å². The van der Waals surface area contributed by atoms with E-state index in [0.717, 1.165) is 5.56 Å². The molecule has 4 aromatic rings. The predicted molar refractivity (Wildman–Crippen MR) is 80.5 cm³/mol. The van der Waals surface area contributed by atoms with Crippen molar-refractivity contribution in [2.75, 3.05) is 0 Å². The first-order chi connectivity index (χ1) is 10.2. The van der Waals surface area contributed by atoms with Gasteiger partial charge in [0.05, 0.1) is 5.39 Å². The number of halogens is 1. The van der Waals surface area contributed by atoms with E-state index in [1.807, 2.05) is 30.3 Å². The highest BCUT2D eigenvalue weighted by Gasteiger charge is 2.18. The van der Waals surface area contributed by atoms with Crippen LogP contribution < -0.4 is 5.63 Å². The van der Waals surface area contributed by atoms with Crippen LogP contribution in [0.3, 0.4) is 0 Å². The molecule has 0 saturated heterocycles. The van der Waals surface area contributed by atoms with E-state index in [-0.39, 0.29) is 0 Å². The summed E-state index contributed by atoms with van der Waals surface area (Å²) in [6.45, 7) is 0. The molecule has 0 radical (unpaired) electrons. The lowest BCUT2D eigenvalue weighted by atomic mass is 10.1. The van der Waals surface area contributed by atoms with Crippen molar-refractivity contribution in [2.24, 2.45) is 0 Å². The average molecular weight is 298 g/mol. The summed E-state index contributed by atoms with van der Waals surface area (Å²) >= 11 is 6.00. The summed E-state index contributed by atoms with van der Waals surface area (Å²) in [6, 6.07) is 14.4. The minimum absolute atomic E-state index is 0.330. The van der Waals surface area contributed by atoms with Crippen molar-refractivity contribution in [3.63, 3.8) is 0 Å². The Bertz CT molecular complexity index is 1020. The maximum absolute atomic E-state index is 12.2. The van der Waals surface area contributed by atoms with Gasteiger partial charge in [-0.3, -0.25) is 0 Å². The topological polar surface area (TPSA) is 56.2 Å². The first kappa shape index (κ1) is 12.2. The molecule has 0 aliphatic rings. The molecule has 0 atom stereocenters. The van der Waals surface area contributed by atoms with Crippen LogP contribution in [0.1, 0.15) is 0 Å². The van der Waals surface area contributed by atoms with E-state index in [1.165, 1.54) is 0 Å². The molecule has 4 rings (SSSR count). The molecule has 2 aromatic heterocycles. The molecule has 2 aromatic carbocycles. The van der Waals surface area contributed by atoms with Gasteiger partial charge in [0, 0.05) is 10.6 Å². The molecular weight excluding hydrogens is 290 g/mol. The van der Waals surface area contributed by atoms with Crippen LogP contribution in [-0.4, -0.2) is 5.16 Å². The third-order valence-corrected chi connectivity index (χ3v) is 3.57. The fraction of sp³-hybridized carbons (Fsp3) is 0. The van der Waals surface area contributed by atoms with Gasteiger partial charge in [0.2, 0.25) is 0 Å². The van der Waals surface area contributed by atoms with Gasteiger partial charge in [-0.25, -0.2) is 4.79 Å². The number of aromatic nitrogens is 1. The second kappa shape index (κ2) is 4.46. The van der Waals surface area contributed by atoms with Gasteiger partial charge in [-0.15, -0.1) is 0 Å². The smallest absolute Gasteiger partial charge is 0.349 e. The molecule has 21 heavy (non-hydrogen) atoms. The number of rotatable bonds is 1. The zero-order chi connectivity index (χ0) is 14.4. The van der Waals surface area contributed by atoms with Crippen molar-refractivity contribution < 1.29 is 8.94 Å². The lowest BCUT2D eigenvalue weighted by Crippen LogP contribution is -1.99. The van der Waals surface area contributed by atoms with Gasteiger partial charge in [0.25, 0.3) is 0 Å². The van der Waals surface area contributed by atoms with Gasteiger partial charge in [0.15, 0.2) is 5.58 Å². The van der Waals surface area contributed by atoms with E-state index in [1.54, 1.807) is 18.2 Å². The molecule has 0 unspecified atom stereocenters. The van der Waals surface area contributed by atoms with Crippen molar-refractivity contribution in [2.45, 2.75) is 0 Å².